The number of halogens is 2. The molecule has 2 N–H and O–H groups in total. The zero-order valence-electron chi connectivity index (χ0n) is 17.2. The molecule has 2 amide bonds. The fourth-order valence-corrected chi connectivity index (χ4v) is 5.69. The molecule has 6 nitrogen and oxygen atoms in total. The number of rotatable bonds is 5. The molecule has 8 heteroatoms. The van der Waals surface area contributed by atoms with Crippen LogP contribution in [0.15, 0.2) is 42.5 Å². The van der Waals surface area contributed by atoms with E-state index in [0.29, 0.717) is 33.8 Å². The van der Waals surface area contributed by atoms with Crippen molar-refractivity contribution in [1.29, 1.82) is 0 Å². The average molecular weight is 473 g/mol. The number of carboxylic acids is 1. The number of aliphatic carboxylic acids is 1. The Morgan fingerprint density at radius 3 is 2.56 bits per heavy atom. The van der Waals surface area contributed by atoms with Crippen LogP contribution in [0.2, 0.25) is 10.0 Å². The number of piperidine rings is 1. The quantitative estimate of drug-likeness (QED) is 0.662. The molecule has 166 valence electrons. The molecule has 0 bridgehead atoms. The minimum absolute atomic E-state index is 0.238. The molecule has 1 spiro atoms. The van der Waals surface area contributed by atoms with E-state index < -0.39 is 23.3 Å². The van der Waals surface area contributed by atoms with E-state index in [4.69, 9.17) is 23.2 Å². The van der Waals surface area contributed by atoms with Crippen LogP contribution in [0.4, 0.5) is 5.69 Å². The van der Waals surface area contributed by atoms with Gasteiger partial charge in [0, 0.05) is 39.7 Å². The highest BCUT2D eigenvalue weighted by Gasteiger charge is 2.62. The minimum atomic E-state index is -1.28. The largest absolute Gasteiger partial charge is 0.481 e. The fraction of sp³-hybridized carbons (Fsp3) is 0.375. The second-order valence-electron chi connectivity index (χ2n) is 8.94. The number of hydrogen-bond donors (Lipinski definition) is 2. The smallest absolute Gasteiger partial charge is 0.304 e. The van der Waals surface area contributed by atoms with Gasteiger partial charge in [0.1, 0.15) is 0 Å². The lowest BCUT2D eigenvalue weighted by Crippen LogP contribution is -2.62. The lowest BCUT2D eigenvalue weighted by atomic mass is 9.66. The van der Waals surface area contributed by atoms with Gasteiger partial charge >= 0.3 is 5.97 Å². The minimum Gasteiger partial charge on any atom is -0.481 e. The van der Waals surface area contributed by atoms with E-state index in [2.05, 4.69) is 5.32 Å². The Hall–Kier alpha value is -2.57. The molecule has 0 aromatic heterocycles. The van der Waals surface area contributed by atoms with E-state index in [1.165, 1.54) is 0 Å². The highest BCUT2D eigenvalue weighted by molar-refractivity contribution is 6.31. The molecule has 3 aliphatic rings. The maximum Gasteiger partial charge on any atom is 0.304 e. The van der Waals surface area contributed by atoms with Gasteiger partial charge in [0.15, 0.2) is 5.54 Å². The van der Waals surface area contributed by atoms with Crippen molar-refractivity contribution >= 4 is 46.7 Å². The van der Waals surface area contributed by atoms with E-state index in [-0.39, 0.29) is 24.7 Å². The molecule has 1 saturated carbocycles. The van der Waals surface area contributed by atoms with Gasteiger partial charge in [-0.1, -0.05) is 41.4 Å². The SMILES string of the molecule is O=C(O)CC1C[C@H](c2cccc(Cl)c2)C2(C(=O)Nc3cc(Cl)ccc32)N(CC2CC2)C1=O. The zero-order chi connectivity index (χ0) is 22.6. The maximum atomic E-state index is 13.8. The molecule has 5 rings (SSSR count). The van der Waals surface area contributed by atoms with Crippen molar-refractivity contribution in [2.75, 3.05) is 11.9 Å². The van der Waals surface area contributed by atoms with E-state index in [0.717, 1.165) is 18.4 Å². The summed E-state index contributed by atoms with van der Waals surface area (Å²) in [4.78, 5) is 40.7. The lowest BCUT2D eigenvalue weighted by molar-refractivity contribution is -0.160. The van der Waals surface area contributed by atoms with Crippen molar-refractivity contribution in [3.8, 4) is 0 Å². The van der Waals surface area contributed by atoms with Crippen LogP contribution >= 0.6 is 23.2 Å². The van der Waals surface area contributed by atoms with Gasteiger partial charge in [0.2, 0.25) is 5.91 Å². The van der Waals surface area contributed by atoms with E-state index >= 15 is 0 Å². The molecule has 0 radical (unpaired) electrons. The van der Waals surface area contributed by atoms with Gasteiger partial charge in [-0.25, -0.2) is 0 Å². The molecular weight excluding hydrogens is 451 g/mol. The molecule has 1 saturated heterocycles. The molecule has 2 unspecified atom stereocenters. The molecule has 2 heterocycles. The first kappa shape index (κ1) is 21.3. The summed E-state index contributed by atoms with van der Waals surface area (Å²) in [6, 6.07) is 12.5. The molecule has 2 aromatic rings. The second-order valence-corrected chi connectivity index (χ2v) is 9.81. The Morgan fingerprint density at radius 2 is 1.88 bits per heavy atom. The van der Waals surface area contributed by atoms with Crippen LogP contribution in [-0.2, 0) is 19.9 Å². The van der Waals surface area contributed by atoms with Gasteiger partial charge in [-0.05, 0) is 55.0 Å². The molecule has 2 fully saturated rings. The number of hydrogen-bond acceptors (Lipinski definition) is 3. The van der Waals surface area contributed by atoms with Crippen molar-refractivity contribution in [2.24, 2.45) is 11.8 Å². The number of amides is 2. The number of anilines is 1. The number of benzene rings is 2. The summed E-state index contributed by atoms with van der Waals surface area (Å²) in [6.45, 7) is 0.418. The molecular formula is C24H22Cl2N2O4. The van der Waals surface area contributed by atoms with Gasteiger partial charge in [0.25, 0.3) is 5.91 Å². The number of nitrogens with zero attached hydrogens (tertiary/aromatic N) is 1. The predicted octanol–water partition coefficient (Wildman–Crippen LogP) is 4.66. The molecule has 3 atom stereocenters. The summed E-state index contributed by atoms with van der Waals surface area (Å²) < 4.78 is 0. The second kappa shape index (κ2) is 7.78. The van der Waals surface area contributed by atoms with Crippen molar-refractivity contribution < 1.29 is 19.5 Å². The van der Waals surface area contributed by atoms with Crippen LogP contribution in [0.1, 0.15) is 42.7 Å². The molecule has 1 aliphatic carbocycles. The highest BCUT2D eigenvalue weighted by atomic mass is 35.5. The summed E-state index contributed by atoms with van der Waals surface area (Å²) in [7, 11) is 0. The molecule has 32 heavy (non-hydrogen) atoms. The first-order valence-electron chi connectivity index (χ1n) is 10.7. The topological polar surface area (TPSA) is 86.7 Å². The molecule has 2 aromatic carbocycles. The summed E-state index contributed by atoms with van der Waals surface area (Å²) in [6.07, 6.45) is 1.94. The first-order chi connectivity index (χ1) is 15.3. The molecule has 2 aliphatic heterocycles. The number of likely N-dealkylation sites (tertiary alicyclic amines) is 1. The maximum absolute atomic E-state index is 13.8. The number of carboxylic acid groups (broad SMARTS) is 1. The van der Waals surface area contributed by atoms with Gasteiger partial charge in [-0.2, -0.15) is 0 Å². The Labute approximate surface area is 195 Å². The fourth-order valence-electron chi connectivity index (χ4n) is 5.32. The van der Waals surface area contributed by atoms with Crippen molar-refractivity contribution in [3.05, 3.63) is 63.6 Å². The van der Waals surface area contributed by atoms with Crippen LogP contribution in [0.5, 0.6) is 0 Å². The normalized spacial score (nSPS) is 26.9. The van der Waals surface area contributed by atoms with Crippen molar-refractivity contribution in [3.63, 3.8) is 0 Å². The lowest BCUT2D eigenvalue weighted by Gasteiger charge is -2.51. The van der Waals surface area contributed by atoms with E-state index in [1.807, 2.05) is 12.1 Å². The third-order valence-electron chi connectivity index (χ3n) is 6.86. The zero-order valence-corrected chi connectivity index (χ0v) is 18.7. The van der Waals surface area contributed by atoms with Crippen LogP contribution in [0.25, 0.3) is 0 Å². The van der Waals surface area contributed by atoms with E-state index in [9.17, 15) is 19.5 Å². The Kier molecular flexibility index (Phi) is 5.18. The predicted molar refractivity (Wildman–Crippen MR) is 121 cm³/mol. The monoisotopic (exact) mass is 472 g/mol. The van der Waals surface area contributed by atoms with Crippen LogP contribution in [-0.4, -0.2) is 34.3 Å². The van der Waals surface area contributed by atoms with Crippen LogP contribution in [0, 0.1) is 11.8 Å². The van der Waals surface area contributed by atoms with Gasteiger partial charge in [-0.3, -0.25) is 14.4 Å². The number of fused-ring (bicyclic) bond motifs is 2. The number of carbonyl (C=O) groups is 3. The first-order valence-corrected chi connectivity index (χ1v) is 11.5. The van der Waals surface area contributed by atoms with Gasteiger partial charge in [0.05, 0.1) is 6.42 Å². The summed E-state index contributed by atoms with van der Waals surface area (Å²) >= 11 is 12.5. The van der Waals surface area contributed by atoms with Crippen LogP contribution < -0.4 is 5.32 Å². The standard InChI is InChI=1S/C24H22Cl2N2O4/c25-16-3-1-2-14(8-16)19-9-15(10-21(29)30)22(31)28(12-13-4-5-13)24(19)18-7-6-17(26)11-20(18)27-23(24)32/h1-3,6-8,11,13,15,19H,4-5,9-10,12H2,(H,27,32)(H,29,30)/t15?,19-,24?/m1/s1. The van der Waals surface area contributed by atoms with Gasteiger partial charge < -0.3 is 15.3 Å². The summed E-state index contributed by atoms with van der Waals surface area (Å²) in [5.41, 5.74) is 0.804. The number of nitrogens with one attached hydrogen (secondary N) is 1. The van der Waals surface area contributed by atoms with E-state index in [1.54, 1.807) is 35.2 Å². The Bertz CT molecular complexity index is 1130. The Morgan fingerprint density at radius 1 is 1.12 bits per heavy atom. The van der Waals surface area contributed by atoms with Gasteiger partial charge in [-0.15, -0.1) is 0 Å². The number of carbonyl (C=O) groups excluding carboxylic acids is 2. The van der Waals surface area contributed by atoms with Crippen molar-refractivity contribution in [1.82, 2.24) is 4.90 Å². The third-order valence-corrected chi connectivity index (χ3v) is 7.33. The van der Waals surface area contributed by atoms with Crippen molar-refractivity contribution in [2.45, 2.75) is 37.1 Å². The highest BCUT2D eigenvalue weighted by Crippen LogP contribution is 2.56. The average Bonchev–Trinajstić information content (AvgIpc) is 3.51. The summed E-state index contributed by atoms with van der Waals surface area (Å²) in [5.74, 6) is -2.46. The third kappa shape index (κ3) is 3.37. The Balaban J connectivity index is 1.74. The summed E-state index contributed by atoms with van der Waals surface area (Å²) in [5, 5.41) is 13.4. The van der Waals surface area contributed by atoms with Crippen LogP contribution in [0.3, 0.4) is 0 Å².